The second-order valence-corrected chi connectivity index (χ2v) is 11.3. The number of benzene rings is 1. The maximum atomic E-state index is 14.6. The molecule has 1 atom stereocenters. The van der Waals surface area contributed by atoms with Crippen molar-refractivity contribution in [3.8, 4) is 0 Å². The van der Waals surface area contributed by atoms with Gasteiger partial charge in [0, 0.05) is 16.5 Å². The molecule has 1 unspecified atom stereocenters. The molecule has 0 saturated heterocycles. The van der Waals surface area contributed by atoms with E-state index in [4.69, 9.17) is 0 Å². The maximum absolute atomic E-state index is 14.6. The third-order valence-corrected chi connectivity index (χ3v) is 8.86. The molecule has 34 heavy (non-hydrogen) atoms. The Morgan fingerprint density at radius 3 is 2.65 bits per heavy atom. The van der Waals surface area contributed by atoms with Crippen LogP contribution in [0.2, 0.25) is 0 Å². The molecule has 180 valence electrons. The zero-order chi connectivity index (χ0) is 24.0. The summed E-state index contributed by atoms with van der Waals surface area (Å²) in [7, 11) is 0. The van der Waals surface area contributed by atoms with E-state index in [1.165, 1.54) is 10.9 Å². The number of nitrogens with zero attached hydrogens (tertiary/aromatic N) is 2. The minimum Gasteiger partial charge on any atom is -0.351 e. The van der Waals surface area contributed by atoms with Crippen LogP contribution in [0, 0.1) is 11.7 Å². The van der Waals surface area contributed by atoms with Gasteiger partial charge in [-0.3, -0.25) is 9.59 Å². The van der Waals surface area contributed by atoms with E-state index in [1.807, 2.05) is 17.6 Å². The van der Waals surface area contributed by atoms with Gasteiger partial charge in [0.25, 0.3) is 5.91 Å². The van der Waals surface area contributed by atoms with Crippen molar-refractivity contribution in [2.24, 2.45) is 5.92 Å². The normalized spacial score (nSPS) is 24.9. The number of nitrogens with one attached hydrogen (secondary N) is 1. The maximum Gasteiger partial charge on any atom is 0.271 e. The number of aryl methyl sites for hydroxylation is 1. The Hall–Kier alpha value is -2.67. The van der Waals surface area contributed by atoms with E-state index in [0.29, 0.717) is 23.7 Å². The fraction of sp³-hybridized carbons (Fsp3) is 0.481. The lowest BCUT2D eigenvalue weighted by atomic mass is 9.86. The zero-order valence-electron chi connectivity index (χ0n) is 20.1. The lowest BCUT2D eigenvalue weighted by Gasteiger charge is -2.45. The van der Waals surface area contributed by atoms with Gasteiger partial charge in [0.05, 0.1) is 23.3 Å². The van der Waals surface area contributed by atoms with E-state index in [2.05, 4.69) is 25.2 Å². The molecular formula is C27H32FN3O2S. The second-order valence-electron chi connectivity index (χ2n) is 10.1. The molecule has 1 N–H and O–H groups in total. The molecule has 1 fully saturated rings. The van der Waals surface area contributed by atoms with Crippen LogP contribution in [-0.4, -0.2) is 32.9 Å². The van der Waals surface area contributed by atoms with Gasteiger partial charge < -0.3 is 14.8 Å². The standard InChI is InChI=1S/C27H32FN3O2S/c1-4-20-13-22-24(34-20)14-23-25(32)31(15-18-7-5-6-8-21(18)28)27(3,16-30(22)23)26(33)29-19-11-9-17(2)10-12-19/h5-8,13-14,17,19H,4,9-12,15-16H2,1-3H3,(H,29,33). The number of rotatable bonds is 5. The average molecular weight is 482 g/mol. The summed E-state index contributed by atoms with van der Waals surface area (Å²) in [6.45, 7) is 6.59. The second kappa shape index (κ2) is 8.84. The van der Waals surface area contributed by atoms with Crippen molar-refractivity contribution in [2.45, 2.75) is 77.5 Å². The number of hydrogen-bond acceptors (Lipinski definition) is 3. The van der Waals surface area contributed by atoms with Gasteiger partial charge in [0.15, 0.2) is 0 Å². The predicted molar refractivity (Wildman–Crippen MR) is 133 cm³/mol. The van der Waals surface area contributed by atoms with Crippen LogP contribution in [0.25, 0.3) is 10.2 Å². The fourth-order valence-electron chi connectivity index (χ4n) is 5.35. The van der Waals surface area contributed by atoms with Crippen LogP contribution in [0.3, 0.4) is 0 Å². The number of carbonyl (C=O) groups excluding carboxylic acids is 2. The van der Waals surface area contributed by atoms with E-state index in [-0.39, 0.29) is 30.2 Å². The quantitative estimate of drug-likeness (QED) is 0.522. The molecule has 1 saturated carbocycles. The van der Waals surface area contributed by atoms with Crippen LogP contribution in [0.15, 0.2) is 36.4 Å². The summed E-state index contributed by atoms with van der Waals surface area (Å²) < 4.78 is 17.6. The molecule has 7 heteroatoms. The third kappa shape index (κ3) is 3.94. The molecule has 1 aromatic carbocycles. The number of hydrogen-bond donors (Lipinski definition) is 1. The summed E-state index contributed by atoms with van der Waals surface area (Å²) in [5.41, 5.74) is 0.852. The number of carbonyl (C=O) groups is 2. The van der Waals surface area contributed by atoms with Crippen molar-refractivity contribution in [1.82, 2.24) is 14.8 Å². The van der Waals surface area contributed by atoms with Crippen LogP contribution < -0.4 is 5.32 Å². The molecule has 0 spiro atoms. The molecule has 3 aromatic rings. The Labute approximate surface area is 203 Å². The van der Waals surface area contributed by atoms with E-state index in [0.717, 1.165) is 42.3 Å². The van der Waals surface area contributed by atoms with Crippen LogP contribution in [-0.2, 0) is 24.3 Å². The van der Waals surface area contributed by atoms with Crippen LogP contribution in [0.1, 0.15) is 67.4 Å². The number of halogens is 1. The van der Waals surface area contributed by atoms with Gasteiger partial charge in [0.2, 0.25) is 5.91 Å². The highest BCUT2D eigenvalue weighted by atomic mass is 32.1. The minimum atomic E-state index is -1.13. The van der Waals surface area contributed by atoms with Gasteiger partial charge in [0.1, 0.15) is 17.1 Å². The first kappa shape index (κ1) is 23.1. The Bertz CT molecular complexity index is 1240. The summed E-state index contributed by atoms with van der Waals surface area (Å²) in [5.74, 6) is -0.0745. The molecule has 3 heterocycles. The first-order valence-electron chi connectivity index (χ1n) is 12.3. The average Bonchev–Trinajstić information content (AvgIpc) is 3.38. The van der Waals surface area contributed by atoms with E-state index in [9.17, 15) is 14.0 Å². The largest absolute Gasteiger partial charge is 0.351 e. The minimum absolute atomic E-state index is 0.0518. The number of fused-ring (bicyclic) bond motifs is 3. The van der Waals surface area contributed by atoms with E-state index < -0.39 is 5.54 Å². The highest BCUT2D eigenvalue weighted by Gasteiger charge is 2.48. The van der Waals surface area contributed by atoms with Gasteiger partial charge >= 0.3 is 0 Å². The molecule has 0 bridgehead atoms. The van der Waals surface area contributed by atoms with Gasteiger partial charge in [-0.25, -0.2) is 4.39 Å². The van der Waals surface area contributed by atoms with Gasteiger partial charge in [-0.1, -0.05) is 32.0 Å². The van der Waals surface area contributed by atoms with Gasteiger partial charge in [-0.2, -0.15) is 0 Å². The smallest absolute Gasteiger partial charge is 0.271 e. The van der Waals surface area contributed by atoms with Crippen LogP contribution in [0.4, 0.5) is 4.39 Å². The van der Waals surface area contributed by atoms with Crippen molar-refractivity contribution in [2.75, 3.05) is 0 Å². The predicted octanol–water partition coefficient (Wildman–Crippen LogP) is 5.51. The molecule has 1 aliphatic heterocycles. The number of thiophene rings is 1. The SMILES string of the molecule is CCc1cc2c(cc3n2CC(C)(C(=O)NC2CCC(C)CC2)N(Cc2ccccc2F)C3=O)s1. The first-order valence-corrected chi connectivity index (χ1v) is 13.1. The molecular weight excluding hydrogens is 449 g/mol. The van der Waals surface area contributed by atoms with Crippen LogP contribution in [0.5, 0.6) is 0 Å². The lowest BCUT2D eigenvalue weighted by Crippen LogP contribution is -2.64. The number of aromatic nitrogens is 1. The summed E-state index contributed by atoms with van der Waals surface area (Å²) in [6, 6.07) is 10.7. The number of amides is 2. The summed E-state index contributed by atoms with van der Waals surface area (Å²) >= 11 is 1.69. The lowest BCUT2D eigenvalue weighted by molar-refractivity contribution is -0.134. The van der Waals surface area contributed by atoms with Gasteiger partial charge in [-0.15, -0.1) is 11.3 Å². The van der Waals surface area contributed by atoms with E-state index in [1.54, 1.807) is 34.4 Å². The topological polar surface area (TPSA) is 54.3 Å². The highest BCUT2D eigenvalue weighted by Crippen LogP contribution is 2.37. The Morgan fingerprint density at radius 1 is 1.21 bits per heavy atom. The monoisotopic (exact) mass is 481 g/mol. The fourth-order valence-corrected chi connectivity index (χ4v) is 6.39. The molecule has 2 amide bonds. The van der Waals surface area contributed by atoms with Crippen molar-refractivity contribution < 1.29 is 14.0 Å². The zero-order valence-corrected chi connectivity index (χ0v) is 20.9. The molecule has 1 aliphatic carbocycles. The summed E-state index contributed by atoms with van der Waals surface area (Å²) in [6.07, 6.45) is 5.02. The first-order chi connectivity index (χ1) is 16.3. The molecule has 5 nitrogen and oxygen atoms in total. The Morgan fingerprint density at radius 2 is 1.94 bits per heavy atom. The Balaban J connectivity index is 1.53. The van der Waals surface area contributed by atoms with Crippen molar-refractivity contribution in [3.05, 3.63) is 58.3 Å². The van der Waals surface area contributed by atoms with Gasteiger partial charge in [-0.05, 0) is 63.1 Å². The molecule has 5 rings (SSSR count). The van der Waals surface area contributed by atoms with Crippen molar-refractivity contribution >= 4 is 33.4 Å². The van der Waals surface area contributed by atoms with Crippen LogP contribution >= 0.6 is 11.3 Å². The van der Waals surface area contributed by atoms with Crippen molar-refractivity contribution in [3.63, 3.8) is 0 Å². The van der Waals surface area contributed by atoms with E-state index >= 15 is 0 Å². The summed E-state index contributed by atoms with van der Waals surface area (Å²) in [4.78, 5) is 30.5. The Kier molecular flexibility index (Phi) is 6.00. The molecule has 2 aromatic heterocycles. The third-order valence-electron chi connectivity index (χ3n) is 7.64. The highest BCUT2D eigenvalue weighted by molar-refractivity contribution is 7.19. The summed E-state index contributed by atoms with van der Waals surface area (Å²) in [5, 5.41) is 3.25. The molecule has 2 aliphatic rings. The molecule has 0 radical (unpaired) electrons. The van der Waals surface area contributed by atoms with Crippen molar-refractivity contribution in [1.29, 1.82) is 0 Å².